The summed E-state index contributed by atoms with van der Waals surface area (Å²) in [6.45, 7) is 0. The largest absolute Gasteiger partial charge is 0.198 e. The van der Waals surface area contributed by atoms with Gasteiger partial charge in [0.2, 0.25) is 0 Å². The average molecular weight is 245 g/mol. The molecule has 0 atom stereocenters. The van der Waals surface area contributed by atoms with Crippen LogP contribution in [0.1, 0.15) is 41.0 Å². The van der Waals surface area contributed by atoms with Crippen molar-refractivity contribution in [3.63, 3.8) is 0 Å². The maximum atomic E-state index is 8.90. The predicted molar refractivity (Wildman–Crippen MR) is 78.5 cm³/mol. The molecule has 0 unspecified atom stereocenters. The summed E-state index contributed by atoms with van der Waals surface area (Å²) in [5.74, 6) is 0.321. The van der Waals surface area contributed by atoms with Gasteiger partial charge in [0.25, 0.3) is 0 Å². The lowest BCUT2D eigenvalue weighted by molar-refractivity contribution is 0.732. The van der Waals surface area contributed by atoms with Gasteiger partial charge in [-0.2, -0.15) is 5.26 Å². The quantitative estimate of drug-likeness (QED) is 0.758. The molecule has 2 aromatic rings. The Balaban J connectivity index is 2.16. The van der Waals surface area contributed by atoms with Gasteiger partial charge in [-0.15, -0.1) is 0 Å². The molecule has 3 rings (SSSR count). The van der Waals surface area contributed by atoms with Crippen molar-refractivity contribution in [3.05, 3.63) is 70.8 Å². The minimum atomic E-state index is 0.321. The second kappa shape index (κ2) is 5.12. The normalized spacial score (nSPS) is 13.2. The highest BCUT2D eigenvalue weighted by atomic mass is 14.3. The highest BCUT2D eigenvalue weighted by Crippen LogP contribution is 2.37. The molecule has 19 heavy (non-hydrogen) atoms. The first kappa shape index (κ1) is 11.7. The summed E-state index contributed by atoms with van der Waals surface area (Å²) in [4.78, 5) is 0. The van der Waals surface area contributed by atoms with Crippen molar-refractivity contribution in [2.45, 2.75) is 18.8 Å². The number of hydrogen-bond acceptors (Lipinski definition) is 1. The first-order valence-corrected chi connectivity index (χ1v) is 6.63. The van der Waals surface area contributed by atoms with E-state index < -0.39 is 0 Å². The summed E-state index contributed by atoms with van der Waals surface area (Å²) in [5, 5.41) is 8.90. The van der Waals surface area contributed by atoms with Crippen molar-refractivity contribution in [2.24, 2.45) is 0 Å². The molecule has 0 saturated carbocycles. The number of fused-ring (bicyclic) bond motifs is 2. The van der Waals surface area contributed by atoms with E-state index in [2.05, 4.69) is 66.8 Å². The first-order chi connectivity index (χ1) is 9.40. The molecular weight excluding hydrogens is 230 g/mol. The number of rotatable bonds is 2. The van der Waals surface area contributed by atoms with Gasteiger partial charge in [-0.25, -0.2) is 0 Å². The van der Waals surface area contributed by atoms with E-state index in [1.165, 1.54) is 22.3 Å². The zero-order valence-corrected chi connectivity index (χ0v) is 10.7. The third kappa shape index (κ3) is 2.18. The van der Waals surface area contributed by atoms with E-state index in [1.807, 2.05) is 0 Å². The van der Waals surface area contributed by atoms with Crippen molar-refractivity contribution in [1.82, 2.24) is 0 Å². The maximum Gasteiger partial charge on any atom is 0.0622 e. The van der Waals surface area contributed by atoms with Crippen LogP contribution in [0.5, 0.6) is 0 Å². The summed E-state index contributed by atoms with van der Waals surface area (Å²) in [6.07, 6.45) is 5.83. The van der Waals surface area contributed by atoms with Crippen LogP contribution < -0.4 is 0 Å². The van der Waals surface area contributed by atoms with Gasteiger partial charge >= 0.3 is 0 Å². The van der Waals surface area contributed by atoms with Gasteiger partial charge < -0.3 is 0 Å². The second-order valence-electron chi connectivity index (χ2n) is 4.84. The van der Waals surface area contributed by atoms with Crippen LogP contribution in [0, 0.1) is 11.3 Å². The van der Waals surface area contributed by atoms with Gasteiger partial charge in [-0.05, 0) is 28.7 Å². The number of nitriles is 1. The highest BCUT2D eigenvalue weighted by Gasteiger charge is 2.20. The van der Waals surface area contributed by atoms with Crippen LogP contribution in [0.15, 0.2) is 48.5 Å². The molecule has 1 nitrogen and oxygen atoms in total. The third-order valence-electron chi connectivity index (χ3n) is 3.73. The van der Waals surface area contributed by atoms with Gasteiger partial charge in [0.05, 0.1) is 6.07 Å². The van der Waals surface area contributed by atoms with E-state index in [-0.39, 0.29) is 0 Å². The molecule has 0 bridgehead atoms. The molecule has 0 saturated heterocycles. The standard InChI is InChI=1S/C18H15N/c19-13-5-10-18-16-8-3-1-6-14(16)11-12-15-7-2-4-9-17(15)18/h1-4,6-9,11-12,18H,5,10H2. The predicted octanol–water partition coefficient (Wildman–Crippen LogP) is 4.61. The molecule has 1 aliphatic carbocycles. The van der Waals surface area contributed by atoms with Crippen molar-refractivity contribution in [2.75, 3.05) is 0 Å². The maximum absolute atomic E-state index is 8.90. The Labute approximate surface area is 113 Å². The minimum Gasteiger partial charge on any atom is -0.198 e. The highest BCUT2D eigenvalue weighted by molar-refractivity contribution is 5.76. The van der Waals surface area contributed by atoms with E-state index in [4.69, 9.17) is 5.26 Å². The fourth-order valence-corrected chi connectivity index (χ4v) is 2.83. The monoisotopic (exact) mass is 245 g/mol. The zero-order chi connectivity index (χ0) is 13.1. The van der Waals surface area contributed by atoms with Gasteiger partial charge in [0.15, 0.2) is 0 Å². The van der Waals surface area contributed by atoms with Gasteiger partial charge in [0, 0.05) is 12.3 Å². The lowest BCUT2D eigenvalue weighted by Gasteiger charge is -2.19. The molecule has 2 aromatic carbocycles. The Kier molecular flexibility index (Phi) is 3.16. The summed E-state index contributed by atoms with van der Waals surface area (Å²) in [6, 6.07) is 19.3. The Bertz CT molecular complexity index is 612. The lowest BCUT2D eigenvalue weighted by Crippen LogP contribution is -2.03. The summed E-state index contributed by atoms with van der Waals surface area (Å²) in [5.41, 5.74) is 5.20. The second-order valence-corrected chi connectivity index (χ2v) is 4.84. The Morgan fingerprint density at radius 3 is 1.89 bits per heavy atom. The van der Waals surface area contributed by atoms with Crippen molar-refractivity contribution >= 4 is 12.2 Å². The molecule has 92 valence electrons. The fourth-order valence-electron chi connectivity index (χ4n) is 2.83. The van der Waals surface area contributed by atoms with Crippen molar-refractivity contribution in [3.8, 4) is 6.07 Å². The average Bonchev–Trinajstić information content (AvgIpc) is 2.62. The summed E-state index contributed by atoms with van der Waals surface area (Å²) in [7, 11) is 0. The molecule has 1 heteroatoms. The summed E-state index contributed by atoms with van der Waals surface area (Å²) >= 11 is 0. The molecule has 0 heterocycles. The van der Waals surface area contributed by atoms with Crippen molar-refractivity contribution in [1.29, 1.82) is 5.26 Å². The van der Waals surface area contributed by atoms with Crippen LogP contribution in [-0.4, -0.2) is 0 Å². The van der Waals surface area contributed by atoms with E-state index in [1.54, 1.807) is 0 Å². The SMILES string of the molecule is N#CCCC1c2ccccc2C=Cc2ccccc21. The topological polar surface area (TPSA) is 23.8 Å². The van der Waals surface area contributed by atoms with Crippen molar-refractivity contribution < 1.29 is 0 Å². The molecule has 0 amide bonds. The third-order valence-corrected chi connectivity index (χ3v) is 3.73. The van der Waals surface area contributed by atoms with Crippen LogP contribution in [0.3, 0.4) is 0 Å². The van der Waals surface area contributed by atoms with Crippen LogP contribution >= 0.6 is 0 Å². The van der Waals surface area contributed by atoms with E-state index >= 15 is 0 Å². The van der Waals surface area contributed by atoms with E-state index in [9.17, 15) is 0 Å². The van der Waals surface area contributed by atoms with Gasteiger partial charge in [0.1, 0.15) is 0 Å². The molecule has 1 aliphatic rings. The number of hydrogen-bond donors (Lipinski definition) is 0. The van der Waals surface area contributed by atoms with E-state index in [0.29, 0.717) is 12.3 Å². The Morgan fingerprint density at radius 1 is 0.842 bits per heavy atom. The first-order valence-electron chi connectivity index (χ1n) is 6.63. The molecule has 0 radical (unpaired) electrons. The molecule has 0 aliphatic heterocycles. The minimum absolute atomic E-state index is 0.321. The molecule has 0 fully saturated rings. The Hall–Kier alpha value is -2.33. The Morgan fingerprint density at radius 2 is 1.37 bits per heavy atom. The molecule has 0 aromatic heterocycles. The molecular formula is C18H15N. The smallest absolute Gasteiger partial charge is 0.0622 e. The van der Waals surface area contributed by atoms with Gasteiger partial charge in [-0.1, -0.05) is 60.7 Å². The van der Waals surface area contributed by atoms with Gasteiger partial charge in [-0.3, -0.25) is 0 Å². The number of nitrogens with zero attached hydrogens (tertiary/aromatic N) is 1. The summed E-state index contributed by atoms with van der Waals surface area (Å²) < 4.78 is 0. The molecule has 0 spiro atoms. The van der Waals surface area contributed by atoms with Crippen LogP contribution in [0.4, 0.5) is 0 Å². The number of benzene rings is 2. The lowest BCUT2D eigenvalue weighted by atomic mass is 9.84. The van der Waals surface area contributed by atoms with E-state index in [0.717, 1.165) is 6.42 Å². The van der Waals surface area contributed by atoms with Crippen LogP contribution in [-0.2, 0) is 0 Å². The molecule has 0 N–H and O–H groups in total. The van der Waals surface area contributed by atoms with Crippen LogP contribution in [0.2, 0.25) is 0 Å². The van der Waals surface area contributed by atoms with Crippen LogP contribution in [0.25, 0.3) is 12.2 Å². The fraction of sp³-hybridized carbons (Fsp3) is 0.167. The zero-order valence-electron chi connectivity index (χ0n) is 10.7.